The Hall–Kier alpha value is -3.41. The van der Waals surface area contributed by atoms with Crippen molar-refractivity contribution in [1.29, 1.82) is 0 Å². The summed E-state index contributed by atoms with van der Waals surface area (Å²) in [5, 5.41) is 2.85. The standard InChI is InChI=1S/C22H18F2N2O2/c1-13-3-5-18(6-4-13)25-22(27)20-11-21-19(7-14(2)28-21)26(20)12-15-8-16(23)10-17(24)9-15/h3-11H,12H2,1-2H3,(H,25,27). The van der Waals surface area contributed by atoms with Crippen LogP contribution < -0.4 is 5.32 Å². The van der Waals surface area contributed by atoms with Crippen LogP contribution in [0, 0.1) is 25.5 Å². The number of nitrogens with zero attached hydrogens (tertiary/aromatic N) is 1. The molecule has 4 nitrogen and oxygen atoms in total. The lowest BCUT2D eigenvalue weighted by Crippen LogP contribution is -2.17. The van der Waals surface area contributed by atoms with Crippen molar-refractivity contribution in [3.8, 4) is 0 Å². The van der Waals surface area contributed by atoms with Crippen molar-refractivity contribution >= 4 is 22.7 Å². The molecule has 142 valence electrons. The Morgan fingerprint density at radius 3 is 2.36 bits per heavy atom. The second kappa shape index (κ2) is 6.96. The lowest BCUT2D eigenvalue weighted by Gasteiger charge is -2.11. The number of benzene rings is 2. The van der Waals surface area contributed by atoms with Crippen LogP contribution in [-0.2, 0) is 6.54 Å². The summed E-state index contributed by atoms with van der Waals surface area (Å²) in [6.07, 6.45) is 0. The van der Waals surface area contributed by atoms with Gasteiger partial charge in [-0.1, -0.05) is 17.7 Å². The highest BCUT2D eigenvalue weighted by Crippen LogP contribution is 2.26. The first kappa shape index (κ1) is 18.0. The summed E-state index contributed by atoms with van der Waals surface area (Å²) in [5.74, 6) is -0.959. The first-order valence-electron chi connectivity index (χ1n) is 8.82. The third kappa shape index (κ3) is 3.53. The van der Waals surface area contributed by atoms with Crippen LogP contribution in [0.15, 0.2) is 59.0 Å². The predicted octanol–water partition coefficient (Wildman–Crippen LogP) is 5.43. The maximum Gasteiger partial charge on any atom is 0.272 e. The van der Waals surface area contributed by atoms with Gasteiger partial charge in [0, 0.05) is 30.4 Å². The fourth-order valence-electron chi connectivity index (χ4n) is 3.24. The van der Waals surface area contributed by atoms with Gasteiger partial charge in [0.2, 0.25) is 0 Å². The van der Waals surface area contributed by atoms with Gasteiger partial charge >= 0.3 is 0 Å². The molecular weight excluding hydrogens is 362 g/mol. The van der Waals surface area contributed by atoms with Crippen LogP contribution in [0.5, 0.6) is 0 Å². The van der Waals surface area contributed by atoms with E-state index in [9.17, 15) is 13.6 Å². The first-order valence-corrected chi connectivity index (χ1v) is 8.82. The lowest BCUT2D eigenvalue weighted by molar-refractivity contribution is 0.101. The summed E-state index contributed by atoms with van der Waals surface area (Å²) < 4.78 is 34.6. The molecule has 0 atom stereocenters. The maximum atomic E-state index is 13.6. The average Bonchev–Trinajstić information content (AvgIpc) is 3.13. The van der Waals surface area contributed by atoms with E-state index in [2.05, 4.69) is 5.32 Å². The molecule has 0 fully saturated rings. The molecule has 1 N–H and O–H groups in total. The molecule has 0 saturated heterocycles. The molecule has 0 aliphatic heterocycles. The maximum absolute atomic E-state index is 13.6. The van der Waals surface area contributed by atoms with E-state index >= 15 is 0 Å². The van der Waals surface area contributed by atoms with Crippen molar-refractivity contribution in [3.05, 3.63) is 88.8 Å². The van der Waals surface area contributed by atoms with Gasteiger partial charge in [-0.3, -0.25) is 4.79 Å². The fourth-order valence-corrected chi connectivity index (χ4v) is 3.24. The van der Waals surface area contributed by atoms with Gasteiger partial charge in [0.15, 0.2) is 5.58 Å². The van der Waals surface area contributed by atoms with Crippen molar-refractivity contribution in [2.45, 2.75) is 20.4 Å². The van der Waals surface area contributed by atoms with Crippen LogP contribution in [0.1, 0.15) is 27.4 Å². The number of aromatic nitrogens is 1. The number of carbonyl (C=O) groups excluding carboxylic acids is 1. The van der Waals surface area contributed by atoms with Crippen LogP contribution in [0.2, 0.25) is 0 Å². The van der Waals surface area contributed by atoms with Crippen molar-refractivity contribution in [3.63, 3.8) is 0 Å². The fraction of sp³-hybridized carbons (Fsp3) is 0.136. The van der Waals surface area contributed by atoms with Gasteiger partial charge in [-0.2, -0.15) is 0 Å². The van der Waals surface area contributed by atoms with Gasteiger partial charge in [0.1, 0.15) is 23.1 Å². The molecule has 1 amide bonds. The van der Waals surface area contributed by atoms with Crippen molar-refractivity contribution in [2.24, 2.45) is 0 Å². The summed E-state index contributed by atoms with van der Waals surface area (Å²) >= 11 is 0. The minimum Gasteiger partial charge on any atom is -0.460 e. The van der Waals surface area contributed by atoms with Crippen LogP contribution >= 0.6 is 0 Å². The number of halogens is 2. The number of fused-ring (bicyclic) bond motifs is 1. The number of hydrogen-bond donors (Lipinski definition) is 1. The Kier molecular flexibility index (Phi) is 4.47. The molecule has 0 bridgehead atoms. The van der Waals surface area contributed by atoms with E-state index in [1.165, 1.54) is 12.1 Å². The molecule has 6 heteroatoms. The monoisotopic (exact) mass is 380 g/mol. The molecule has 0 spiro atoms. The van der Waals surface area contributed by atoms with E-state index in [-0.39, 0.29) is 12.5 Å². The number of carbonyl (C=O) groups is 1. The average molecular weight is 380 g/mol. The molecule has 0 aliphatic rings. The van der Waals surface area contributed by atoms with E-state index in [4.69, 9.17) is 4.42 Å². The first-order chi connectivity index (χ1) is 13.4. The summed E-state index contributed by atoms with van der Waals surface area (Å²) in [6.45, 7) is 3.90. The number of aryl methyl sites for hydroxylation is 2. The zero-order valence-corrected chi connectivity index (χ0v) is 15.4. The molecule has 2 heterocycles. The highest BCUT2D eigenvalue weighted by molar-refractivity contribution is 6.05. The van der Waals surface area contributed by atoms with E-state index in [0.717, 1.165) is 11.6 Å². The number of rotatable bonds is 4. The SMILES string of the molecule is Cc1ccc(NC(=O)c2cc3oc(C)cc3n2Cc2cc(F)cc(F)c2)cc1. The Morgan fingerprint density at radius 2 is 1.68 bits per heavy atom. The molecule has 4 aromatic rings. The molecule has 0 saturated carbocycles. The summed E-state index contributed by atoms with van der Waals surface area (Å²) in [6, 6.07) is 14.2. The summed E-state index contributed by atoms with van der Waals surface area (Å²) in [4.78, 5) is 12.9. The van der Waals surface area contributed by atoms with E-state index in [1.54, 1.807) is 23.6 Å². The van der Waals surface area contributed by atoms with Gasteiger partial charge in [-0.25, -0.2) is 8.78 Å². The lowest BCUT2D eigenvalue weighted by atomic mass is 10.2. The van der Waals surface area contributed by atoms with E-state index < -0.39 is 11.6 Å². The minimum absolute atomic E-state index is 0.133. The third-order valence-electron chi connectivity index (χ3n) is 4.52. The third-order valence-corrected chi connectivity index (χ3v) is 4.52. The van der Waals surface area contributed by atoms with Gasteiger partial charge in [0.25, 0.3) is 5.91 Å². The molecule has 2 aromatic carbocycles. The van der Waals surface area contributed by atoms with Crippen LogP contribution in [0.25, 0.3) is 11.1 Å². The smallest absolute Gasteiger partial charge is 0.272 e. The molecule has 4 rings (SSSR count). The summed E-state index contributed by atoms with van der Waals surface area (Å²) in [7, 11) is 0. The zero-order chi connectivity index (χ0) is 19.8. The van der Waals surface area contributed by atoms with Gasteiger partial charge in [0.05, 0.1) is 5.52 Å². The highest BCUT2D eigenvalue weighted by Gasteiger charge is 2.19. The normalized spacial score (nSPS) is 11.1. The highest BCUT2D eigenvalue weighted by atomic mass is 19.1. The van der Waals surface area contributed by atoms with Crippen LogP contribution in [0.3, 0.4) is 0 Å². The summed E-state index contributed by atoms with van der Waals surface area (Å²) in [5.41, 5.74) is 3.74. The van der Waals surface area contributed by atoms with Crippen molar-refractivity contribution in [2.75, 3.05) is 5.32 Å². The van der Waals surface area contributed by atoms with E-state index in [0.29, 0.717) is 33.8 Å². The van der Waals surface area contributed by atoms with Crippen LogP contribution in [-0.4, -0.2) is 10.5 Å². The molecular formula is C22H18F2N2O2. The number of anilines is 1. The van der Waals surface area contributed by atoms with Crippen molar-refractivity contribution in [1.82, 2.24) is 4.57 Å². The second-order valence-corrected chi connectivity index (χ2v) is 6.82. The number of hydrogen-bond acceptors (Lipinski definition) is 2. The number of nitrogens with one attached hydrogen (secondary N) is 1. The Bertz CT molecular complexity index is 1150. The van der Waals surface area contributed by atoms with Crippen molar-refractivity contribution < 1.29 is 18.0 Å². The Morgan fingerprint density at radius 1 is 1.00 bits per heavy atom. The second-order valence-electron chi connectivity index (χ2n) is 6.82. The van der Waals surface area contributed by atoms with Gasteiger partial charge in [-0.15, -0.1) is 0 Å². The Balaban J connectivity index is 1.73. The molecule has 2 aromatic heterocycles. The quantitative estimate of drug-likeness (QED) is 0.513. The molecule has 0 radical (unpaired) electrons. The number of amides is 1. The topological polar surface area (TPSA) is 47.2 Å². The van der Waals surface area contributed by atoms with Gasteiger partial charge < -0.3 is 14.3 Å². The predicted molar refractivity (Wildman–Crippen MR) is 104 cm³/mol. The zero-order valence-electron chi connectivity index (χ0n) is 15.4. The largest absolute Gasteiger partial charge is 0.460 e. The number of furan rings is 1. The minimum atomic E-state index is -0.660. The Labute approximate surface area is 160 Å². The van der Waals surface area contributed by atoms with Gasteiger partial charge in [-0.05, 0) is 43.7 Å². The van der Waals surface area contributed by atoms with Crippen LogP contribution in [0.4, 0.5) is 14.5 Å². The molecule has 0 aliphatic carbocycles. The molecule has 0 unspecified atom stereocenters. The molecule has 28 heavy (non-hydrogen) atoms. The van der Waals surface area contributed by atoms with E-state index in [1.807, 2.05) is 31.2 Å².